The SMILES string of the molecule is CC(NC(=O)CS(C)(=O)=O)c1nc(C(=O)O)cs1. The van der Waals surface area contributed by atoms with Gasteiger partial charge in [0.15, 0.2) is 15.5 Å². The van der Waals surface area contributed by atoms with E-state index < -0.39 is 33.5 Å². The third kappa shape index (κ3) is 4.41. The highest BCUT2D eigenvalue weighted by atomic mass is 32.2. The number of nitrogens with one attached hydrogen (secondary N) is 1. The number of carbonyl (C=O) groups excluding carboxylic acids is 1. The molecule has 0 aliphatic rings. The molecule has 1 atom stereocenters. The first kappa shape index (κ1) is 14.6. The lowest BCUT2D eigenvalue weighted by molar-refractivity contribution is -0.119. The summed E-state index contributed by atoms with van der Waals surface area (Å²) in [6.45, 7) is 1.60. The number of thiazole rings is 1. The van der Waals surface area contributed by atoms with E-state index in [2.05, 4.69) is 10.3 Å². The Hall–Kier alpha value is -1.48. The van der Waals surface area contributed by atoms with Crippen molar-refractivity contribution in [3.05, 3.63) is 16.1 Å². The van der Waals surface area contributed by atoms with Crippen LogP contribution in [0, 0.1) is 0 Å². The predicted molar refractivity (Wildman–Crippen MR) is 65.3 cm³/mol. The second-order valence-electron chi connectivity index (χ2n) is 3.74. The van der Waals surface area contributed by atoms with Crippen molar-refractivity contribution in [2.24, 2.45) is 0 Å². The second kappa shape index (κ2) is 5.44. The molecule has 18 heavy (non-hydrogen) atoms. The Morgan fingerprint density at radius 1 is 1.56 bits per heavy atom. The number of carboxylic acids is 1. The van der Waals surface area contributed by atoms with Crippen LogP contribution < -0.4 is 5.32 Å². The molecular weight excluding hydrogens is 280 g/mol. The number of aromatic carboxylic acids is 1. The summed E-state index contributed by atoms with van der Waals surface area (Å²) in [5.41, 5.74) is -0.0980. The summed E-state index contributed by atoms with van der Waals surface area (Å²) in [5.74, 6) is -2.39. The zero-order valence-corrected chi connectivity index (χ0v) is 11.3. The number of hydrogen-bond acceptors (Lipinski definition) is 6. The number of aromatic nitrogens is 1. The minimum atomic E-state index is -3.38. The van der Waals surface area contributed by atoms with Crippen molar-refractivity contribution in [3.8, 4) is 0 Å². The van der Waals surface area contributed by atoms with Crippen LogP contribution in [0.2, 0.25) is 0 Å². The topological polar surface area (TPSA) is 113 Å². The summed E-state index contributed by atoms with van der Waals surface area (Å²) >= 11 is 1.09. The molecule has 0 aliphatic carbocycles. The maximum atomic E-state index is 11.4. The van der Waals surface area contributed by atoms with Crippen molar-refractivity contribution in [1.82, 2.24) is 10.3 Å². The number of amides is 1. The van der Waals surface area contributed by atoms with Crippen molar-refractivity contribution in [3.63, 3.8) is 0 Å². The lowest BCUT2D eigenvalue weighted by Crippen LogP contribution is -2.32. The van der Waals surface area contributed by atoms with Gasteiger partial charge in [-0.1, -0.05) is 0 Å². The monoisotopic (exact) mass is 292 g/mol. The molecule has 1 amide bonds. The Balaban J connectivity index is 2.67. The van der Waals surface area contributed by atoms with E-state index in [-0.39, 0.29) is 5.69 Å². The van der Waals surface area contributed by atoms with E-state index in [0.29, 0.717) is 5.01 Å². The number of rotatable bonds is 5. The summed E-state index contributed by atoms with van der Waals surface area (Å²) in [4.78, 5) is 25.8. The average molecular weight is 292 g/mol. The molecule has 1 rings (SSSR count). The Kier molecular flexibility index (Phi) is 4.41. The first-order valence-corrected chi connectivity index (χ1v) is 7.79. The highest BCUT2D eigenvalue weighted by molar-refractivity contribution is 7.91. The average Bonchev–Trinajstić information content (AvgIpc) is 2.62. The summed E-state index contributed by atoms with van der Waals surface area (Å²) in [6.07, 6.45) is 0.961. The van der Waals surface area contributed by atoms with E-state index in [0.717, 1.165) is 17.6 Å². The van der Waals surface area contributed by atoms with Crippen LogP contribution in [0.5, 0.6) is 0 Å². The van der Waals surface area contributed by atoms with Crippen molar-refractivity contribution < 1.29 is 23.1 Å². The molecule has 0 aromatic carbocycles. The van der Waals surface area contributed by atoms with Gasteiger partial charge in [0, 0.05) is 11.6 Å². The molecule has 1 unspecified atom stereocenters. The third-order valence-electron chi connectivity index (χ3n) is 1.88. The molecule has 1 heterocycles. The largest absolute Gasteiger partial charge is 0.476 e. The molecule has 0 radical (unpaired) electrons. The zero-order valence-electron chi connectivity index (χ0n) is 9.71. The van der Waals surface area contributed by atoms with Crippen molar-refractivity contribution >= 4 is 33.1 Å². The van der Waals surface area contributed by atoms with Crippen LogP contribution in [0.25, 0.3) is 0 Å². The molecule has 0 aliphatic heterocycles. The highest BCUT2D eigenvalue weighted by Gasteiger charge is 2.18. The fourth-order valence-corrected chi connectivity index (χ4v) is 2.53. The molecule has 0 spiro atoms. The van der Waals surface area contributed by atoms with Crippen LogP contribution in [-0.4, -0.2) is 42.4 Å². The number of nitrogens with zero attached hydrogens (tertiary/aromatic N) is 1. The van der Waals surface area contributed by atoms with Crippen molar-refractivity contribution in [1.29, 1.82) is 0 Å². The predicted octanol–water partition coefficient (Wildman–Crippen LogP) is 0.0631. The minimum absolute atomic E-state index is 0.0980. The van der Waals surface area contributed by atoms with Gasteiger partial charge < -0.3 is 10.4 Å². The molecule has 0 bridgehead atoms. The molecule has 0 saturated heterocycles. The highest BCUT2D eigenvalue weighted by Crippen LogP contribution is 2.17. The fraction of sp³-hybridized carbons (Fsp3) is 0.444. The van der Waals surface area contributed by atoms with Crippen LogP contribution in [0.1, 0.15) is 28.5 Å². The van der Waals surface area contributed by atoms with Crippen molar-refractivity contribution in [2.45, 2.75) is 13.0 Å². The third-order valence-corrected chi connectivity index (χ3v) is 3.70. The Morgan fingerprint density at radius 2 is 2.17 bits per heavy atom. The number of sulfone groups is 1. The lowest BCUT2D eigenvalue weighted by Gasteiger charge is -2.10. The van der Waals surface area contributed by atoms with Gasteiger partial charge in [-0.3, -0.25) is 4.79 Å². The number of carboxylic acid groups (broad SMARTS) is 1. The first-order valence-electron chi connectivity index (χ1n) is 4.85. The zero-order chi connectivity index (χ0) is 13.9. The summed E-state index contributed by atoms with van der Waals surface area (Å²) in [7, 11) is -3.38. The van der Waals surface area contributed by atoms with Crippen LogP contribution in [0.4, 0.5) is 0 Å². The van der Waals surface area contributed by atoms with E-state index >= 15 is 0 Å². The summed E-state index contributed by atoms with van der Waals surface area (Å²) in [5, 5.41) is 12.9. The molecule has 0 saturated carbocycles. The van der Waals surface area contributed by atoms with Crippen LogP contribution in [-0.2, 0) is 14.6 Å². The minimum Gasteiger partial charge on any atom is -0.476 e. The van der Waals surface area contributed by atoms with Crippen molar-refractivity contribution in [2.75, 3.05) is 12.0 Å². The molecule has 2 N–H and O–H groups in total. The number of hydrogen-bond donors (Lipinski definition) is 2. The van der Waals surface area contributed by atoms with E-state index in [1.54, 1.807) is 6.92 Å². The molecule has 9 heteroatoms. The van der Waals surface area contributed by atoms with Gasteiger partial charge in [0.1, 0.15) is 10.8 Å². The molecule has 0 fully saturated rings. The second-order valence-corrected chi connectivity index (χ2v) is 6.77. The van der Waals surface area contributed by atoms with E-state index in [9.17, 15) is 18.0 Å². The lowest BCUT2D eigenvalue weighted by atomic mass is 10.3. The van der Waals surface area contributed by atoms with Crippen LogP contribution in [0.15, 0.2) is 5.38 Å². The van der Waals surface area contributed by atoms with Crippen LogP contribution >= 0.6 is 11.3 Å². The van der Waals surface area contributed by atoms with Gasteiger partial charge in [-0.05, 0) is 6.92 Å². The molecule has 1 aromatic heterocycles. The van der Waals surface area contributed by atoms with Gasteiger partial charge in [-0.2, -0.15) is 0 Å². The van der Waals surface area contributed by atoms with E-state index in [4.69, 9.17) is 5.11 Å². The first-order chi connectivity index (χ1) is 8.19. The molecule has 1 aromatic rings. The number of carbonyl (C=O) groups is 2. The quantitative estimate of drug-likeness (QED) is 0.793. The Labute approximate surface area is 108 Å². The molecule has 7 nitrogen and oxygen atoms in total. The fourth-order valence-electron chi connectivity index (χ4n) is 1.17. The van der Waals surface area contributed by atoms with Gasteiger partial charge in [-0.15, -0.1) is 11.3 Å². The van der Waals surface area contributed by atoms with Gasteiger partial charge >= 0.3 is 5.97 Å². The van der Waals surface area contributed by atoms with Gasteiger partial charge in [0.25, 0.3) is 0 Å². The smallest absolute Gasteiger partial charge is 0.355 e. The Bertz CT molecular complexity index is 563. The van der Waals surface area contributed by atoms with Gasteiger partial charge in [0.05, 0.1) is 6.04 Å². The van der Waals surface area contributed by atoms with Gasteiger partial charge in [0.2, 0.25) is 5.91 Å². The summed E-state index contributed by atoms with van der Waals surface area (Å²) < 4.78 is 21.8. The van der Waals surface area contributed by atoms with E-state index in [1.807, 2.05) is 0 Å². The van der Waals surface area contributed by atoms with Crippen LogP contribution in [0.3, 0.4) is 0 Å². The standard InChI is InChI=1S/C9H12N2O5S2/c1-5(10-7(12)4-18(2,15)16)8-11-6(3-17-8)9(13)14/h3,5H,4H2,1-2H3,(H,10,12)(H,13,14). The van der Waals surface area contributed by atoms with E-state index in [1.165, 1.54) is 5.38 Å². The molecular formula is C9H12N2O5S2. The normalized spacial score (nSPS) is 13.0. The Morgan fingerprint density at radius 3 is 2.61 bits per heavy atom. The summed E-state index contributed by atoms with van der Waals surface area (Å²) in [6, 6.07) is -0.530. The van der Waals surface area contributed by atoms with Gasteiger partial charge in [-0.25, -0.2) is 18.2 Å². The maximum absolute atomic E-state index is 11.4. The maximum Gasteiger partial charge on any atom is 0.355 e. The molecule has 100 valence electrons.